The zero-order valence-corrected chi connectivity index (χ0v) is 17.4. The van der Waals surface area contributed by atoms with Crippen molar-refractivity contribution in [2.45, 2.75) is 0 Å². The quantitative estimate of drug-likeness (QED) is 0.552. The van der Waals surface area contributed by atoms with E-state index in [4.69, 9.17) is 18.9 Å². The van der Waals surface area contributed by atoms with E-state index < -0.39 is 0 Å². The van der Waals surface area contributed by atoms with Gasteiger partial charge in [-0.25, -0.2) is 0 Å². The van der Waals surface area contributed by atoms with E-state index in [0.717, 1.165) is 21.3 Å². The Morgan fingerprint density at radius 2 is 1.18 bits per heavy atom. The van der Waals surface area contributed by atoms with Crippen molar-refractivity contribution in [3.05, 3.63) is 45.3 Å². The van der Waals surface area contributed by atoms with E-state index in [1.165, 1.54) is 0 Å². The Morgan fingerprint density at radius 3 is 1.71 bits per heavy atom. The van der Waals surface area contributed by atoms with E-state index in [-0.39, 0.29) is 5.57 Å². The van der Waals surface area contributed by atoms with E-state index in [1.807, 2.05) is 30.4 Å². The Bertz CT molecular complexity index is 686. The van der Waals surface area contributed by atoms with Crippen molar-refractivity contribution in [1.29, 1.82) is 10.5 Å². The molecule has 1 aliphatic carbocycles. The van der Waals surface area contributed by atoms with Gasteiger partial charge in [-0.2, -0.15) is 10.5 Å². The molecule has 1 aliphatic heterocycles. The molecule has 28 heavy (non-hydrogen) atoms. The van der Waals surface area contributed by atoms with E-state index in [0.29, 0.717) is 58.4 Å². The van der Waals surface area contributed by atoms with Crippen LogP contribution in [0.3, 0.4) is 0 Å². The second-order valence-corrected chi connectivity index (χ2v) is 7.96. The minimum absolute atomic E-state index is 0.111. The third kappa shape index (κ3) is 9.11. The second-order valence-electron chi connectivity index (χ2n) is 5.63. The standard InChI is InChI=1S/C20H24N2O4S2/c21-15-18(16-22)17-1-2-19-14-20(13-17)28-12-10-26-8-6-24-4-3-23-5-7-25-9-11-27-19/h1-2,13-14H,3-12H2. The van der Waals surface area contributed by atoms with Gasteiger partial charge in [0.05, 0.1) is 52.9 Å². The summed E-state index contributed by atoms with van der Waals surface area (Å²) in [6.07, 6.45) is 7.72. The molecule has 0 saturated heterocycles. The van der Waals surface area contributed by atoms with Gasteiger partial charge in [0.2, 0.25) is 0 Å². The SMILES string of the molecule is N#CC(C#N)=C1C=CC2=CC(=C1)SCCOCCOCCOCCOCCS2. The molecule has 2 aliphatic rings. The number of nitrogens with zero attached hydrogens (tertiary/aromatic N) is 2. The van der Waals surface area contributed by atoms with Crippen LogP contribution >= 0.6 is 23.5 Å². The smallest absolute Gasteiger partial charge is 0.136 e. The number of hydrogen-bond donors (Lipinski definition) is 0. The largest absolute Gasteiger partial charge is 0.378 e. The molecular formula is C20H24N2O4S2. The van der Waals surface area contributed by atoms with Crippen molar-refractivity contribution in [3.8, 4) is 12.1 Å². The predicted octanol–water partition coefficient (Wildman–Crippen LogP) is 3.21. The molecule has 0 atom stereocenters. The molecular weight excluding hydrogens is 396 g/mol. The van der Waals surface area contributed by atoms with Crippen LogP contribution in [0.4, 0.5) is 0 Å². The van der Waals surface area contributed by atoms with Crippen LogP contribution < -0.4 is 0 Å². The van der Waals surface area contributed by atoms with Gasteiger partial charge in [-0.15, -0.1) is 23.5 Å². The molecule has 0 aromatic heterocycles. The number of nitriles is 2. The number of fused-ring (bicyclic) bond motifs is 1. The molecule has 2 rings (SSSR count). The van der Waals surface area contributed by atoms with Crippen LogP contribution in [-0.4, -0.2) is 64.4 Å². The molecule has 0 radical (unpaired) electrons. The molecule has 1 heterocycles. The van der Waals surface area contributed by atoms with E-state index >= 15 is 0 Å². The minimum Gasteiger partial charge on any atom is -0.378 e. The predicted molar refractivity (Wildman–Crippen MR) is 112 cm³/mol. The van der Waals surface area contributed by atoms with Crippen LogP contribution in [0.2, 0.25) is 0 Å². The molecule has 6 nitrogen and oxygen atoms in total. The van der Waals surface area contributed by atoms with Crippen LogP contribution in [-0.2, 0) is 18.9 Å². The van der Waals surface area contributed by atoms with Gasteiger partial charge in [-0.05, 0) is 18.2 Å². The summed E-state index contributed by atoms with van der Waals surface area (Å²) in [5, 5.41) is 18.4. The van der Waals surface area contributed by atoms with E-state index in [2.05, 4.69) is 6.08 Å². The summed E-state index contributed by atoms with van der Waals surface area (Å²) in [5.41, 5.74) is 0.740. The molecule has 2 bridgehead atoms. The maximum absolute atomic E-state index is 9.19. The van der Waals surface area contributed by atoms with Gasteiger partial charge in [0.15, 0.2) is 0 Å². The van der Waals surface area contributed by atoms with Gasteiger partial charge in [-0.3, -0.25) is 0 Å². The van der Waals surface area contributed by atoms with Gasteiger partial charge < -0.3 is 18.9 Å². The summed E-state index contributed by atoms with van der Waals surface area (Å²) in [4.78, 5) is 2.06. The number of hydrogen-bond acceptors (Lipinski definition) is 8. The topological polar surface area (TPSA) is 84.5 Å². The third-order valence-corrected chi connectivity index (χ3v) is 5.53. The molecule has 0 aromatic rings. The van der Waals surface area contributed by atoms with E-state index in [9.17, 15) is 10.5 Å². The van der Waals surface area contributed by atoms with Crippen LogP contribution in [0, 0.1) is 22.7 Å². The lowest BCUT2D eigenvalue weighted by Crippen LogP contribution is -2.12. The highest BCUT2D eigenvalue weighted by molar-refractivity contribution is 8.04. The number of rotatable bonds is 0. The Labute approximate surface area is 174 Å². The normalized spacial score (nSPS) is 20.9. The van der Waals surface area contributed by atoms with Crippen molar-refractivity contribution in [2.24, 2.45) is 0 Å². The first-order valence-corrected chi connectivity index (χ1v) is 11.0. The summed E-state index contributed by atoms with van der Waals surface area (Å²) in [7, 11) is 0. The Balaban J connectivity index is 2.04. The molecule has 8 heteroatoms. The first kappa shape index (κ1) is 22.8. The van der Waals surface area contributed by atoms with Crippen LogP contribution in [0.15, 0.2) is 45.3 Å². The number of thioether (sulfide) groups is 2. The molecule has 0 fully saturated rings. The van der Waals surface area contributed by atoms with Gasteiger partial charge in [0.1, 0.15) is 17.7 Å². The Morgan fingerprint density at radius 1 is 0.679 bits per heavy atom. The lowest BCUT2D eigenvalue weighted by atomic mass is 10.1. The lowest BCUT2D eigenvalue weighted by Gasteiger charge is -2.07. The zero-order chi connectivity index (χ0) is 19.9. The van der Waals surface area contributed by atoms with Crippen molar-refractivity contribution in [2.75, 3.05) is 64.4 Å². The van der Waals surface area contributed by atoms with Gasteiger partial charge in [-0.1, -0.05) is 6.08 Å². The maximum Gasteiger partial charge on any atom is 0.136 e. The summed E-state index contributed by atoms with van der Waals surface area (Å²) in [5.74, 6) is 1.58. The molecule has 0 saturated carbocycles. The molecule has 0 spiro atoms. The van der Waals surface area contributed by atoms with Gasteiger partial charge in [0.25, 0.3) is 0 Å². The summed E-state index contributed by atoms with van der Waals surface area (Å²) in [6.45, 7) is 4.52. The highest BCUT2D eigenvalue weighted by Crippen LogP contribution is 2.30. The van der Waals surface area contributed by atoms with Gasteiger partial charge >= 0.3 is 0 Å². The van der Waals surface area contributed by atoms with Crippen molar-refractivity contribution in [1.82, 2.24) is 0 Å². The van der Waals surface area contributed by atoms with Crippen LogP contribution in [0.25, 0.3) is 0 Å². The Kier molecular flexibility index (Phi) is 11.8. The maximum atomic E-state index is 9.19. The highest BCUT2D eigenvalue weighted by Gasteiger charge is 2.09. The van der Waals surface area contributed by atoms with Gasteiger partial charge in [0, 0.05) is 26.9 Å². The average Bonchev–Trinajstić information content (AvgIpc) is 2.90. The zero-order valence-electron chi connectivity index (χ0n) is 15.7. The fraction of sp³-hybridized carbons (Fsp3) is 0.500. The van der Waals surface area contributed by atoms with Crippen molar-refractivity contribution in [3.63, 3.8) is 0 Å². The lowest BCUT2D eigenvalue weighted by molar-refractivity contribution is 0.00147. The van der Waals surface area contributed by atoms with E-state index in [1.54, 1.807) is 23.5 Å². The van der Waals surface area contributed by atoms with Crippen LogP contribution in [0.1, 0.15) is 0 Å². The highest BCUT2D eigenvalue weighted by atomic mass is 32.2. The van der Waals surface area contributed by atoms with Crippen molar-refractivity contribution >= 4 is 23.5 Å². The monoisotopic (exact) mass is 420 g/mol. The summed E-state index contributed by atoms with van der Waals surface area (Å²) < 4.78 is 22.1. The fourth-order valence-electron chi connectivity index (χ4n) is 2.28. The molecule has 0 amide bonds. The number of ether oxygens (including phenoxy) is 4. The van der Waals surface area contributed by atoms with Crippen molar-refractivity contribution < 1.29 is 18.9 Å². The van der Waals surface area contributed by atoms with Crippen LogP contribution in [0.5, 0.6) is 0 Å². The fourth-order valence-corrected chi connectivity index (χ4v) is 4.03. The molecule has 0 unspecified atom stereocenters. The third-order valence-electron chi connectivity index (χ3n) is 3.63. The minimum atomic E-state index is 0.111. The average molecular weight is 421 g/mol. The molecule has 150 valence electrons. The first-order valence-electron chi connectivity index (χ1n) is 9.06. The second kappa shape index (κ2) is 14.5. The summed E-state index contributed by atoms with van der Waals surface area (Å²) in [6, 6.07) is 3.93. The Hall–Kier alpha value is -1.52. The number of allylic oxidation sites excluding steroid dienone is 6. The molecule has 0 N–H and O–H groups in total. The summed E-state index contributed by atoms with van der Waals surface area (Å²) >= 11 is 3.32. The first-order chi connectivity index (χ1) is 13.8. The molecule has 0 aromatic carbocycles.